The summed E-state index contributed by atoms with van der Waals surface area (Å²) in [4.78, 5) is 22.1. The van der Waals surface area contributed by atoms with E-state index in [1.165, 1.54) is 6.92 Å². The Labute approximate surface area is 101 Å². The molecule has 18 heavy (non-hydrogen) atoms. The van der Waals surface area contributed by atoms with Crippen molar-refractivity contribution in [2.45, 2.75) is 25.6 Å². The number of nitrogens with one attached hydrogen (secondary N) is 1. The van der Waals surface area contributed by atoms with Crippen LogP contribution in [0, 0.1) is 0 Å². The van der Waals surface area contributed by atoms with Gasteiger partial charge in [0, 0.05) is 12.6 Å². The fraction of sp³-hybridized carbons (Fsp3) is 0.778. The first-order valence-electron chi connectivity index (χ1n) is 5.10. The molecular formula is C9H15F3N2O4. The molecule has 0 aromatic heterocycles. The molecule has 0 aliphatic rings. The number of carboxylic acid groups (broad SMARTS) is 1. The second-order valence-electron chi connectivity index (χ2n) is 3.71. The minimum atomic E-state index is -4.58. The van der Waals surface area contributed by atoms with Crippen LogP contribution < -0.4 is 5.32 Å². The van der Waals surface area contributed by atoms with Crippen LogP contribution in [0.15, 0.2) is 0 Å². The average Bonchev–Trinajstić information content (AvgIpc) is 2.13. The number of hydrogen-bond acceptors (Lipinski definition) is 3. The van der Waals surface area contributed by atoms with Gasteiger partial charge >= 0.3 is 18.2 Å². The van der Waals surface area contributed by atoms with Gasteiger partial charge in [0.1, 0.15) is 6.54 Å². The van der Waals surface area contributed by atoms with E-state index in [9.17, 15) is 22.8 Å². The molecule has 0 aromatic rings. The third-order valence-corrected chi connectivity index (χ3v) is 1.88. The quantitative estimate of drug-likeness (QED) is 0.653. The Morgan fingerprint density at radius 2 is 1.94 bits per heavy atom. The van der Waals surface area contributed by atoms with E-state index in [1.54, 1.807) is 0 Å². The van der Waals surface area contributed by atoms with E-state index < -0.39 is 50.3 Å². The SMILES string of the molecule is CC(CC(=O)O)NC(=O)N(CCO)CC(F)(F)F. The number of halogens is 3. The summed E-state index contributed by atoms with van der Waals surface area (Å²) < 4.78 is 36.4. The van der Waals surface area contributed by atoms with Crippen molar-refractivity contribution in [1.82, 2.24) is 10.2 Å². The number of carbonyl (C=O) groups is 2. The molecule has 0 rings (SSSR count). The highest BCUT2D eigenvalue weighted by Gasteiger charge is 2.33. The van der Waals surface area contributed by atoms with Gasteiger partial charge in [-0.05, 0) is 6.92 Å². The van der Waals surface area contributed by atoms with Gasteiger partial charge in [0.2, 0.25) is 0 Å². The van der Waals surface area contributed by atoms with Gasteiger partial charge in [-0.15, -0.1) is 0 Å². The molecule has 0 radical (unpaired) electrons. The molecule has 1 unspecified atom stereocenters. The zero-order valence-electron chi connectivity index (χ0n) is 9.70. The van der Waals surface area contributed by atoms with E-state index in [2.05, 4.69) is 5.32 Å². The van der Waals surface area contributed by atoms with Crippen molar-refractivity contribution >= 4 is 12.0 Å². The van der Waals surface area contributed by atoms with Crippen LogP contribution >= 0.6 is 0 Å². The summed E-state index contributed by atoms with van der Waals surface area (Å²) in [5.41, 5.74) is 0. The van der Waals surface area contributed by atoms with Gasteiger partial charge in [-0.25, -0.2) is 4.79 Å². The van der Waals surface area contributed by atoms with Gasteiger partial charge in [-0.2, -0.15) is 13.2 Å². The maximum atomic E-state index is 12.1. The van der Waals surface area contributed by atoms with E-state index in [0.29, 0.717) is 4.90 Å². The second-order valence-corrected chi connectivity index (χ2v) is 3.71. The molecule has 0 aromatic carbocycles. The molecule has 2 amide bonds. The molecule has 0 bridgehead atoms. The molecule has 106 valence electrons. The first-order valence-corrected chi connectivity index (χ1v) is 5.10. The number of urea groups is 1. The third kappa shape index (κ3) is 7.71. The average molecular weight is 272 g/mol. The van der Waals surface area contributed by atoms with Gasteiger partial charge in [0.25, 0.3) is 0 Å². The van der Waals surface area contributed by atoms with Crippen molar-refractivity contribution in [2.75, 3.05) is 19.7 Å². The molecule has 0 fully saturated rings. The molecule has 9 heteroatoms. The predicted molar refractivity (Wildman–Crippen MR) is 55.0 cm³/mol. The zero-order valence-corrected chi connectivity index (χ0v) is 9.70. The molecule has 0 aliphatic heterocycles. The summed E-state index contributed by atoms with van der Waals surface area (Å²) in [5.74, 6) is -1.17. The number of aliphatic hydroxyl groups excluding tert-OH is 1. The third-order valence-electron chi connectivity index (χ3n) is 1.88. The van der Waals surface area contributed by atoms with Crippen LogP contribution in [0.2, 0.25) is 0 Å². The van der Waals surface area contributed by atoms with E-state index in [0.717, 1.165) is 0 Å². The summed E-state index contributed by atoms with van der Waals surface area (Å²) >= 11 is 0. The highest BCUT2D eigenvalue weighted by molar-refractivity contribution is 5.75. The van der Waals surface area contributed by atoms with Crippen molar-refractivity contribution in [3.63, 3.8) is 0 Å². The molecule has 0 heterocycles. The number of aliphatic hydroxyl groups is 1. The monoisotopic (exact) mass is 272 g/mol. The highest BCUT2D eigenvalue weighted by Crippen LogP contribution is 2.16. The Morgan fingerprint density at radius 1 is 1.39 bits per heavy atom. The van der Waals surface area contributed by atoms with Crippen molar-refractivity contribution in [2.24, 2.45) is 0 Å². The normalized spacial score (nSPS) is 12.9. The Morgan fingerprint density at radius 3 is 2.33 bits per heavy atom. The summed E-state index contributed by atoms with van der Waals surface area (Å²) in [6, 6.07) is -1.86. The van der Waals surface area contributed by atoms with Crippen molar-refractivity contribution < 1.29 is 33.0 Å². The Kier molecular flexibility index (Phi) is 6.45. The molecule has 0 spiro atoms. The van der Waals surface area contributed by atoms with Gasteiger partial charge in [0.05, 0.1) is 13.0 Å². The number of carboxylic acids is 1. The molecule has 0 saturated heterocycles. The van der Waals surface area contributed by atoms with Crippen molar-refractivity contribution in [1.29, 1.82) is 0 Å². The largest absolute Gasteiger partial charge is 0.481 e. The zero-order chi connectivity index (χ0) is 14.3. The predicted octanol–water partition coefficient (Wildman–Crippen LogP) is 0.416. The Hall–Kier alpha value is -1.51. The summed E-state index contributed by atoms with van der Waals surface area (Å²) in [6.45, 7) is -1.24. The van der Waals surface area contributed by atoms with Gasteiger partial charge < -0.3 is 20.4 Å². The molecule has 1 atom stereocenters. The van der Waals surface area contributed by atoms with Gasteiger partial charge in [-0.1, -0.05) is 0 Å². The lowest BCUT2D eigenvalue weighted by atomic mass is 10.2. The number of aliphatic carboxylic acids is 1. The number of amides is 2. The fourth-order valence-corrected chi connectivity index (χ4v) is 1.20. The molecule has 6 nitrogen and oxygen atoms in total. The first-order chi connectivity index (χ1) is 8.15. The Balaban J connectivity index is 4.42. The lowest BCUT2D eigenvalue weighted by Gasteiger charge is -2.25. The topological polar surface area (TPSA) is 89.9 Å². The van der Waals surface area contributed by atoms with Gasteiger partial charge in [-0.3, -0.25) is 4.79 Å². The maximum absolute atomic E-state index is 12.1. The lowest BCUT2D eigenvalue weighted by molar-refractivity contribution is -0.141. The molecule has 0 saturated carbocycles. The van der Waals surface area contributed by atoms with Gasteiger partial charge in [0.15, 0.2) is 0 Å². The highest BCUT2D eigenvalue weighted by atomic mass is 19.4. The van der Waals surface area contributed by atoms with Crippen LogP contribution in [0.3, 0.4) is 0 Å². The van der Waals surface area contributed by atoms with Crippen LogP contribution in [0.4, 0.5) is 18.0 Å². The molecule has 3 N–H and O–H groups in total. The Bertz CT molecular complexity index is 296. The van der Waals surface area contributed by atoms with Crippen LogP contribution in [0.1, 0.15) is 13.3 Å². The molecule has 0 aliphatic carbocycles. The molecular weight excluding hydrogens is 257 g/mol. The smallest absolute Gasteiger partial charge is 0.406 e. The van der Waals surface area contributed by atoms with Crippen LogP contribution in [0.5, 0.6) is 0 Å². The maximum Gasteiger partial charge on any atom is 0.406 e. The number of rotatable bonds is 6. The minimum Gasteiger partial charge on any atom is -0.481 e. The summed E-state index contributed by atoms with van der Waals surface area (Å²) in [7, 11) is 0. The van der Waals surface area contributed by atoms with Crippen LogP contribution in [0.25, 0.3) is 0 Å². The van der Waals surface area contributed by atoms with Crippen molar-refractivity contribution in [3.8, 4) is 0 Å². The standard InChI is InChI=1S/C9H15F3N2O4/c1-6(4-7(16)17)13-8(18)14(2-3-15)5-9(10,11)12/h6,15H,2-5H2,1H3,(H,13,18)(H,16,17). The fourth-order valence-electron chi connectivity index (χ4n) is 1.20. The van der Waals surface area contributed by atoms with Crippen LogP contribution in [-0.4, -0.2) is 59.0 Å². The van der Waals surface area contributed by atoms with E-state index in [-0.39, 0.29) is 0 Å². The lowest BCUT2D eigenvalue weighted by Crippen LogP contribution is -2.48. The first kappa shape index (κ1) is 16.5. The summed E-state index contributed by atoms with van der Waals surface area (Å²) in [5, 5.41) is 19.1. The van der Waals surface area contributed by atoms with Crippen molar-refractivity contribution in [3.05, 3.63) is 0 Å². The van der Waals surface area contributed by atoms with Crippen LogP contribution in [-0.2, 0) is 4.79 Å². The number of nitrogens with zero attached hydrogens (tertiary/aromatic N) is 1. The second kappa shape index (κ2) is 7.04. The van der Waals surface area contributed by atoms with E-state index in [4.69, 9.17) is 10.2 Å². The number of carbonyl (C=O) groups excluding carboxylic acids is 1. The van der Waals surface area contributed by atoms with E-state index in [1.807, 2.05) is 0 Å². The van der Waals surface area contributed by atoms with E-state index >= 15 is 0 Å². The minimum absolute atomic E-state index is 0.373. The number of hydrogen-bond donors (Lipinski definition) is 3. The number of alkyl halides is 3. The summed E-state index contributed by atoms with van der Waals surface area (Å²) in [6.07, 6.45) is -4.98.